The molecule has 1 aromatic carbocycles. The van der Waals surface area contributed by atoms with Crippen LogP contribution in [0, 0.1) is 5.92 Å². The zero-order valence-corrected chi connectivity index (χ0v) is 14.8. The second-order valence-corrected chi connectivity index (χ2v) is 7.80. The van der Waals surface area contributed by atoms with Crippen LogP contribution in [-0.4, -0.2) is 25.9 Å². The number of rotatable bonds is 5. The van der Waals surface area contributed by atoms with E-state index in [1.807, 2.05) is 22.7 Å². The van der Waals surface area contributed by atoms with Crippen molar-refractivity contribution in [3.05, 3.63) is 46.7 Å². The first-order valence-electron chi connectivity index (χ1n) is 8.45. The molecule has 0 amide bonds. The van der Waals surface area contributed by atoms with Gasteiger partial charge in [0.2, 0.25) is 4.96 Å². The van der Waals surface area contributed by atoms with Crippen molar-refractivity contribution in [2.75, 3.05) is 0 Å². The molecule has 0 spiro atoms. The van der Waals surface area contributed by atoms with E-state index >= 15 is 0 Å². The molecule has 3 heterocycles. The van der Waals surface area contributed by atoms with Crippen LogP contribution in [-0.2, 0) is 6.42 Å². The molecule has 24 heavy (non-hydrogen) atoms. The minimum atomic E-state index is 0.255. The number of hydrazine groups is 1. The van der Waals surface area contributed by atoms with Gasteiger partial charge in [-0.25, -0.2) is 5.43 Å². The van der Waals surface area contributed by atoms with Gasteiger partial charge < -0.3 is 0 Å². The van der Waals surface area contributed by atoms with Gasteiger partial charge in [0.15, 0.2) is 5.82 Å². The predicted molar refractivity (Wildman–Crippen MR) is 94.8 cm³/mol. The van der Waals surface area contributed by atoms with Crippen molar-refractivity contribution in [3.63, 3.8) is 0 Å². The Morgan fingerprint density at radius 3 is 2.83 bits per heavy atom. The van der Waals surface area contributed by atoms with E-state index in [2.05, 4.69) is 47.0 Å². The van der Waals surface area contributed by atoms with Crippen LogP contribution in [0.2, 0.25) is 0 Å². The van der Waals surface area contributed by atoms with E-state index in [1.54, 1.807) is 11.3 Å². The molecular weight excluding hydrogens is 320 g/mol. The molecule has 0 saturated carbocycles. The molecular formula is C17H22N6S. The van der Waals surface area contributed by atoms with Gasteiger partial charge in [-0.05, 0) is 24.3 Å². The minimum absolute atomic E-state index is 0.255. The second-order valence-electron chi connectivity index (χ2n) is 6.82. The first-order valence-corrected chi connectivity index (χ1v) is 9.26. The summed E-state index contributed by atoms with van der Waals surface area (Å²) >= 11 is 1.62. The summed E-state index contributed by atoms with van der Waals surface area (Å²) in [6.45, 7) is 4.52. The summed E-state index contributed by atoms with van der Waals surface area (Å²) < 4.78 is 1.89. The topological polar surface area (TPSA) is 67.1 Å². The first-order chi connectivity index (χ1) is 11.7. The Morgan fingerprint density at radius 1 is 1.21 bits per heavy atom. The van der Waals surface area contributed by atoms with Crippen molar-refractivity contribution < 1.29 is 0 Å². The fourth-order valence-corrected chi connectivity index (χ4v) is 4.13. The molecule has 6 nitrogen and oxygen atoms in total. The predicted octanol–water partition coefficient (Wildman–Crippen LogP) is 2.73. The van der Waals surface area contributed by atoms with Crippen LogP contribution in [0.5, 0.6) is 0 Å². The molecule has 2 unspecified atom stereocenters. The quantitative estimate of drug-likeness (QED) is 0.746. The Morgan fingerprint density at radius 2 is 2.04 bits per heavy atom. The molecule has 126 valence electrons. The van der Waals surface area contributed by atoms with Gasteiger partial charge in [0, 0.05) is 12.5 Å². The van der Waals surface area contributed by atoms with Crippen molar-refractivity contribution in [3.8, 4) is 0 Å². The molecule has 0 radical (unpaired) electrons. The number of nitrogens with zero attached hydrogens (tertiary/aromatic N) is 4. The number of aromatic nitrogens is 4. The third-order valence-electron chi connectivity index (χ3n) is 4.31. The highest BCUT2D eigenvalue weighted by molar-refractivity contribution is 7.16. The van der Waals surface area contributed by atoms with Crippen molar-refractivity contribution >= 4 is 16.3 Å². The molecule has 4 rings (SSSR count). The zero-order chi connectivity index (χ0) is 16.5. The van der Waals surface area contributed by atoms with Crippen LogP contribution in [0.1, 0.15) is 49.1 Å². The largest absolute Gasteiger partial charge is 0.254 e. The van der Waals surface area contributed by atoms with Gasteiger partial charge in [-0.1, -0.05) is 55.5 Å². The van der Waals surface area contributed by atoms with Crippen molar-refractivity contribution in [1.29, 1.82) is 0 Å². The molecule has 2 N–H and O–H groups in total. The van der Waals surface area contributed by atoms with Gasteiger partial charge in [-0.15, -0.1) is 10.2 Å². The number of nitrogens with one attached hydrogen (secondary N) is 2. The van der Waals surface area contributed by atoms with Crippen molar-refractivity contribution in [2.45, 2.75) is 45.2 Å². The van der Waals surface area contributed by atoms with Gasteiger partial charge in [-0.2, -0.15) is 9.61 Å². The summed E-state index contributed by atoms with van der Waals surface area (Å²) in [5, 5.41) is 14.4. The summed E-state index contributed by atoms with van der Waals surface area (Å²) in [6, 6.07) is 11.1. The monoisotopic (exact) mass is 342 g/mol. The van der Waals surface area contributed by atoms with Crippen LogP contribution >= 0.6 is 11.3 Å². The Bertz CT molecular complexity index is 809. The average Bonchev–Trinajstić information content (AvgIpc) is 3.25. The van der Waals surface area contributed by atoms with Gasteiger partial charge >= 0.3 is 0 Å². The van der Waals surface area contributed by atoms with Crippen molar-refractivity contribution in [1.82, 2.24) is 30.7 Å². The lowest BCUT2D eigenvalue weighted by atomic mass is 10.0. The fraction of sp³-hybridized carbons (Fsp3) is 0.471. The Hall–Kier alpha value is -1.83. The van der Waals surface area contributed by atoms with E-state index in [4.69, 9.17) is 5.10 Å². The standard InChI is InChI=1S/C17H22N6S/c1-11(2)8-13-10-14(19-18-13)16-22-23-15(20-21-17(23)24-16)9-12-6-4-3-5-7-12/h3-7,11,13-14,18-19H,8-10H2,1-2H3. The normalized spacial score (nSPS) is 21.1. The van der Waals surface area contributed by atoms with Crippen LogP contribution in [0.4, 0.5) is 0 Å². The third-order valence-corrected chi connectivity index (χ3v) is 5.32. The Kier molecular flexibility index (Phi) is 4.30. The van der Waals surface area contributed by atoms with Gasteiger partial charge in [0.05, 0.1) is 6.04 Å². The summed E-state index contributed by atoms with van der Waals surface area (Å²) in [5.74, 6) is 1.58. The Labute approximate surface area is 145 Å². The molecule has 1 saturated heterocycles. The van der Waals surface area contributed by atoms with Crippen LogP contribution < -0.4 is 10.9 Å². The summed E-state index contributed by atoms with van der Waals surface area (Å²) in [7, 11) is 0. The highest BCUT2D eigenvalue weighted by Gasteiger charge is 2.28. The molecule has 1 fully saturated rings. The summed E-state index contributed by atoms with van der Waals surface area (Å²) in [5.41, 5.74) is 8.00. The molecule has 1 aliphatic heterocycles. The van der Waals surface area contributed by atoms with E-state index in [0.29, 0.717) is 12.0 Å². The SMILES string of the molecule is CC(C)CC1CC(c2nn3c(Cc4ccccc4)nnc3s2)NN1. The van der Waals surface area contributed by atoms with E-state index in [-0.39, 0.29) is 6.04 Å². The molecule has 0 aliphatic carbocycles. The van der Waals surface area contributed by atoms with E-state index in [1.165, 1.54) is 12.0 Å². The minimum Gasteiger partial charge on any atom is -0.254 e. The second kappa shape index (κ2) is 6.58. The summed E-state index contributed by atoms with van der Waals surface area (Å²) in [4.78, 5) is 0.866. The molecule has 1 aliphatic rings. The maximum Gasteiger partial charge on any atom is 0.234 e. The lowest BCUT2D eigenvalue weighted by Crippen LogP contribution is -2.31. The maximum atomic E-state index is 4.77. The van der Waals surface area contributed by atoms with Crippen molar-refractivity contribution in [2.24, 2.45) is 5.92 Å². The van der Waals surface area contributed by atoms with E-state index < -0.39 is 0 Å². The van der Waals surface area contributed by atoms with Gasteiger partial charge in [0.25, 0.3) is 0 Å². The molecule has 0 bridgehead atoms. The molecule has 2 aromatic heterocycles. The van der Waals surface area contributed by atoms with E-state index in [0.717, 1.165) is 28.6 Å². The molecule has 3 aromatic rings. The highest BCUT2D eigenvalue weighted by atomic mass is 32.1. The number of benzene rings is 1. The molecule has 7 heteroatoms. The first kappa shape index (κ1) is 15.7. The smallest absolute Gasteiger partial charge is 0.234 e. The number of hydrogen-bond donors (Lipinski definition) is 2. The molecule has 2 atom stereocenters. The van der Waals surface area contributed by atoms with E-state index in [9.17, 15) is 0 Å². The Balaban J connectivity index is 1.52. The lowest BCUT2D eigenvalue weighted by Gasteiger charge is -2.10. The average molecular weight is 342 g/mol. The van der Waals surface area contributed by atoms with Crippen LogP contribution in [0.3, 0.4) is 0 Å². The van der Waals surface area contributed by atoms with Crippen LogP contribution in [0.25, 0.3) is 4.96 Å². The van der Waals surface area contributed by atoms with Gasteiger partial charge in [0.1, 0.15) is 5.01 Å². The third kappa shape index (κ3) is 3.19. The van der Waals surface area contributed by atoms with Gasteiger partial charge in [-0.3, -0.25) is 5.43 Å². The lowest BCUT2D eigenvalue weighted by molar-refractivity contribution is 0.446. The number of fused-ring (bicyclic) bond motifs is 1. The highest BCUT2D eigenvalue weighted by Crippen LogP contribution is 2.28. The zero-order valence-electron chi connectivity index (χ0n) is 13.9. The maximum absolute atomic E-state index is 4.77. The summed E-state index contributed by atoms with van der Waals surface area (Å²) in [6.07, 6.45) is 2.99. The fourth-order valence-electron chi connectivity index (χ4n) is 3.21. The van der Waals surface area contributed by atoms with Crippen LogP contribution in [0.15, 0.2) is 30.3 Å². The number of hydrogen-bond acceptors (Lipinski definition) is 6.